The van der Waals surface area contributed by atoms with E-state index in [1.54, 1.807) is 26.5 Å². The molecule has 154 valence electrons. The van der Waals surface area contributed by atoms with E-state index >= 15 is 0 Å². The van der Waals surface area contributed by atoms with E-state index in [1.807, 2.05) is 29.2 Å². The fraction of sp³-hybridized carbons (Fsp3) is 0.350. The highest BCUT2D eigenvalue weighted by atomic mass is 16.6. The number of hydrogen-bond donors (Lipinski definition) is 1. The van der Waals surface area contributed by atoms with Gasteiger partial charge in [-0.25, -0.2) is 0 Å². The van der Waals surface area contributed by atoms with Crippen LogP contribution in [0.3, 0.4) is 0 Å². The molecule has 0 saturated carbocycles. The van der Waals surface area contributed by atoms with Crippen LogP contribution in [0.1, 0.15) is 11.1 Å². The van der Waals surface area contributed by atoms with E-state index in [4.69, 9.17) is 14.2 Å². The number of benzene rings is 2. The van der Waals surface area contributed by atoms with Gasteiger partial charge in [-0.05, 0) is 23.8 Å². The number of nitro benzene ring substituents is 1. The lowest BCUT2D eigenvalue weighted by molar-refractivity contribution is -0.384. The third-order valence-corrected chi connectivity index (χ3v) is 4.58. The summed E-state index contributed by atoms with van der Waals surface area (Å²) in [6.07, 6.45) is 1.57. The molecule has 9 nitrogen and oxygen atoms in total. The van der Waals surface area contributed by atoms with Gasteiger partial charge in [0.15, 0.2) is 11.5 Å². The summed E-state index contributed by atoms with van der Waals surface area (Å²) in [4.78, 5) is 13.1. The Morgan fingerprint density at radius 1 is 1.17 bits per heavy atom. The first-order chi connectivity index (χ1) is 14.1. The average Bonchev–Trinajstić information content (AvgIpc) is 2.77. The second-order valence-electron chi connectivity index (χ2n) is 6.39. The summed E-state index contributed by atoms with van der Waals surface area (Å²) < 4.78 is 15.8. The molecule has 1 fully saturated rings. The Bertz CT molecular complexity index is 881. The summed E-state index contributed by atoms with van der Waals surface area (Å²) in [6.45, 7) is 2.90. The summed E-state index contributed by atoms with van der Waals surface area (Å²) in [7, 11) is 3.17. The van der Waals surface area contributed by atoms with Gasteiger partial charge >= 0.3 is 0 Å². The van der Waals surface area contributed by atoms with Crippen molar-refractivity contribution in [1.29, 1.82) is 0 Å². The predicted molar refractivity (Wildman–Crippen MR) is 110 cm³/mol. The minimum absolute atomic E-state index is 0.0655. The fourth-order valence-corrected chi connectivity index (χ4v) is 3.09. The summed E-state index contributed by atoms with van der Waals surface area (Å²) in [5.74, 6) is 1.30. The van der Waals surface area contributed by atoms with Crippen molar-refractivity contribution in [1.82, 2.24) is 5.43 Å². The molecule has 29 heavy (non-hydrogen) atoms. The first kappa shape index (κ1) is 20.4. The third-order valence-electron chi connectivity index (χ3n) is 4.58. The number of hydrogen-bond acceptors (Lipinski definition) is 8. The topological polar surface area (TPSA) is 98.5 Å². The van der Waals surface area contributed by atoms with Gasteiger partial charge in [-0.15, -0.1) is 0 Å². The standard InChI is InChI=1S/C20H24N4O5/c1-27-19-6-4-16(12-20(19)28-2)14-22-21-13-15-3-5-17(18(11-15)24(25)26)23-7-9-29-10-8-23/h3-6,11-13,22H,7-10,14H2,1-2H3/b21-13+. The SMILES string of the molecule is COc1ccc(CN/N=C/c2ccc(N3CCOCC3)c([N+](=O)[O-])c2)cc1OC. The molecule has 0 aliphatic carbocycles. The fourth-order valence-electron chi connectivity index (χ4n) is 3.09. The van der Waals surface area contributed by atoms with Crippen molar-refractivity contribution in [2.75, 3.05) is 45.4 Å². The highest BCUT2D eigenvalue weighted by Gasteiger charge is 2.21. The quantitative estimate of drug-likeness (QED) is 0.413. The third kappa shape index (κ3) is 5.14. The van der Waals surface area contributed by atoms with Crippen LogP contribution in [-0.4, -0.2) is 51.7 Å². The smallest absolute Gasteiger partial charge is 0.293 e. The monoisotopic (exact) mass is 400 g/mol. The lowest BCUT2D eigenvalue weighted by atomic mass is 10.1. The van der Waals surface area contributed by atoms with Crippen molar-refractivity contribution in [2.45, 2.75) is 6.54 Å². The number of anilines is 1. The van der Waals surface area contributed by atoms with Crippen molar-refractivity contribution in [3.05, 3.63) is 57.6 Å². The van der Waals surface area contributed by atoms with Crippen LogP contribution in [0, 0.1) is 10.1 Å². The molecule has 1 aliphatic heterocycles. The molecule has 0 unspecified atom stereocenters. The number of nitrogens with one attached hydrogen (secondary N) is 1. The molecule has 0 atom stereocenters. The Labute approximate surface area is 169 Å². The van der Waals surface area contributed by atoms with Crippen molar-refractivity contribution in [2.24, 2.45) is 5.10 Å². The highest BCUT2D eigenvalue weighted by Crippen LogP contribution is 2.29. The molecule has 2 aromatic carbocycles. The highest BCUT2D eigenvalue weighted by molar-refractivity contribution is 5.83. The number of morpholine rings is 1. The minimum Gasteiger partial charge on any atom is -0.493 e. The number of methoxy groups -OCH3 is 2. The van der Waals surface area contributed by atoms with Crippen molar-refractivity contribution >= 4 is 17.6 Å². The van der Waals surface area contributed by atoms with Gasteiger partial charge in [0.1, 0.15) is 5.69 Å². The zero-order valence-electron chi connectivity index (χ0n) is 16.5. The molecular formula is C20H24N4O5. The van der Waals surface area contributed by atoms with Gasteiger partial charge in [-0.1, -0.05) is 12.1 Å². The van der Waals surface area contributed by atoms with Crippen LogP contribution >= 0.6 is 0 Å². The Balaban J connectivity index is 1.66. The average molecular weight is 400 g/mol. The Kier molecular flexibility index (Phi) is 6.85. The lowest BCUT2D eigenvalue weighted by Crippen LogP contribution is -2.36. The van der Waals surface area contributed by atoms with Gasteiger partial charge < -0.3 is 24.5 Å². The number of hydrazone groups is 1. The van der Waals surface area contributed by atoms with E-state index < -0.39 is 0 Å². The largest absolute Gasteiger partial charge is 0.493 e. The maximum absolute atomic E-state index is 11.5. The molecule has 3 rings (SSSR count). The van der Waals surface area contributed by atoms with Gasteiger partial charge in [0, 0.05) is 24.7 Å². The normalized spacial score (nSPS) is 14.1. The molecular weight excluding hydrogens is 376 g/mol. The van der Waals surface area contributed by atoms with E-state index in [1.165, 1.54) is 6.07 Å². The van der Waals surface area contributed by atoms with Crippen molar-refractivity contribution < 1.29 is 19.1 Å². The van der Waals surface area contributed by atoms with Gasteiger partial charge in [0.2, 0.25) is 0 Å². The molecule has 0 radical (unpaired) electrons. The molecule has 0 aromatic heterocycles. The van der Waals surface area contributed by atoms with Gasteiger partial charge in [0.25, 0.3) is 5.69 Å². The van der Waals surface area contributed by atoms with Gasteiger partial charge in [0.05, 0.1) is 45.1 Å². The first-order valence-corrected chi connectivity index (χ1v) is 9.20. The zero-order valence-corrected chi connectivity index (χ0v) is 16.5. The summed E-state index contributed by atoms with van der Waals surface area (Å²) in [5.41, 5.74) is 5.23. The maximum atomic E-state index is 11.5. The number of ether oxygens (including phenoxy) is 3. The summed E-state index contributed by atoms with van der Waals surface area (Å²) in [6, 6.07) is 10.7. The van der Waals surface area contributed by atoms with Crippen LogP contribution in [0.2, 0.25) is 0 Å². The summed E-state index contributed by atoms with van der Waals surface area (Å²) >= 11 is 0. The lowest BCUT2D eigenvalue weighted by Gasteiger charge is -2.28. The molecule has 0 spiro atoms. The van der Waals surface area contributed by atoms with Crippen LogP contribution in [0.15, 0.2) is 41.5 Å². The molecule has 1 saturated heterocycles. The maximum Gasteiger partial charge on any atom is 0.293 e. The van der Waals surface area contributed by atoms with E-state index in [0.29, 0.717) is 55.6 Å². The van der Waals surface area contributed by atoms with E-state index in [9.17, 15) is 10.1 Å². The second kappa shape index (κ2) is 9.74. The van der Waals surface area contributed by atoms with Crippen LogP contribution in [-0.2, 0) is 11.3 Å². The Morgan fingerprint density at radius 2 is 1.93 bits per heavy atom. The predicted octanol–water partition coefficient (Wildman–Crippen LogP) is 2.57. The number of nitro groups is 1. The van der Waals surface area contributed by atoms with E-state index in [0.717, 1.165) is 5.56 Å². The first-order valence-electron chi connectivity index (χ1n) is 9.20. The van der Waals surface area contributed by atoms with Crippen molar-refractivity contribution in [3.8, 4) is 11.5 Å². The molecule has 0 amide bonds. The summed E-state index contributed by atoms with van der Waals surface area (Å²) in [5, 5.41) is 15.7. The van der Waals surface area contributed by atoms with Crippen LogP contribution < -0.4 is 19.8 Å². The van der Waals surface area contributed by atoms with E-state index in [-0.39, 0.29) is 10.6 Å². The molecule has 2 aromatic rings. The van der Waals surface area contributed by atoms with Gasteiger partial charge in [-0.2, -0.15) is 5.10 Å². The zero-order chi connectivity index (χ0) is 20.6. The van der Waals surface area contributed by atoms with Crippen molar-refractivity contribution in [3.63, 3.8) is 0 Å². The van der Waals surface area contributed by atoms with E-state index in [2.05, 4.69) is 10.5 Å². The molecule has 1 N–H and O–H groups in total. The van der Waals surface area contributed by atoms with Crippen LogP contribution in [0.4, 0.5) is 11.4 Å². The van der Waals surface area contributed by atoms with Crippen LogP contribution in [0.5, 0.6) is 11.5 Å². The van der Waals surface area contributed by atoms with Gasteiger partial charge in [-0.3, -0.25) is 10.1 Å². The number of nitrogens with zero attached hydrogens (tertiary/aromatic N) is 3. The Hall–Kier alpha value is -3.33. The molecule has 0 bridgehead atoms. The molecule has 9 heteroatoms. The second-order valence-corrected chi connectivity index (χ2v) is 6.39. The minimum atomic E-state index is -0.362. The Morgan fingerprint density at radius 3 is 2.62 bits per heavy atom. The number of rotatable bonds is 8. The molecule has 1 heterocycles. The van der Waals surface area contributed by atoms with Crippen LogP contribution in [0.25, 0.3) is 0 Å². The molecule has 1 aliphatic rings.